The second-order valence-corrected chi connectivity index (χ2v) is 9.26. The first-order chi connectivity index (χ1) is 13.7. The summed E-state index contributed by atoms with van der Waals surface area (Å²) in [6.45, 7) is 16.4. The molecule has 0 radical (unpaired) electrons. The van der Waals surface area contributed by atoms with E-state index >= 15 is 0 Å². The lowest BCUT2D eigenvalue weighted by Gasteiger charge is -2.42. The summed E-state index contributed by atoms with van der Waals surface area (Å²) in [5, 5.41) is 10.0. The summed E-state index contributed by atoms with van der Waals surface area (Å²) < 4.78 is 12.1. The molecule has 0 heterocycles. The minimum absolute atomic E-state index is 0.144. The average molecular weight is 411 g/mol. The van der Waals surface area contributed by atoms with Crippen molar-refractivity contribution in [3.05, 3.63) is 25.3 Å². The normalized spacial score (nSPS) is 13.2. The molecule has 0 fully saturated rings. The number of ether oxygens (including phenoxy) is 2. The largest absolute Gasteiger partial charge is 0.481 e. The third kappa shape index (κ3) is 12.9. The van der Waals surface area contributed by atoms with Gasteiger partial charge in [-0.1, -0.05) is 97.6 Å². The van der Waals surface area contributed by atoms with E-state index in [9.17, 15) is 9.90 Å². The molecule has 29 heavy (non-hydrogen) atoms. The maximum absolute atomic E-state index is 12.2. The fourth-order valence-electron chi connectivity index (χ4n) is 3.80. The average Bonchev–Trinajstić information content (AvgIpc) is 2.64. The molecule has 4 heteroatoms. The zero-order valence-electron chi connectivity index (χ0n) is 19.5. The van der Waals surface area contributed by atoms with Crippen molar-refractivity contribution >= 4 is 5.97 Å². The molecule has 0 bridgehead atoms. The van der Waals surface area contributed by atoms with Crippen LogP contribution in [0.15, 0.2) is 25.3 Å². The van der Waals surface area contributed by atoms with Gasteiger partial charge in [0.2, 0.25) is 0 Å². The van der Waals surface area contributed by atoms with Gasteiger partial charge in [-0.3, -0.25) is 4.79 Å². The van der Waals surface area contributed by atoms with E-state index in [0.29, 0.717) is 12.8 Å². The molecule has 0 spiro atoms. The van der Waals surface area contributed by atoms with Crippen LogP contribution in [0.3, 0.4) is 0 Å². The van der Waals surface area contributed by atoms with E-state index in [1.807, 2.05) is 0 Å². The Balaban J connectivity index is 4.96. The Morgan fingerprint density at radius 3 is 1.72 bits per heavy atom. The van der Waals surface area contributed by atoms with Gasteiger partial charge in [0.1, 0.15) is 5.92 Å². The fraction of sp³-hybridized carbons (Fsp3) is 0.800. The van der Waals surface area contributed by atoms with E-state index in [1.165, 1.54) is 38.5 Å². The van der Waals surface area contributed by atoms with Gasteiger partial charge in [-0.2, -0.15) is 0 Å². The molecule has 0 saturated heterocycles. The van der Waals surface area contributed by atoms with E-state index in [2.05, 4.69) is 40.9 Å². The number of carbonyl (C=O) groups is 1. The predicted molar refractivity (Wildman–Crippen MR) is 122 cm³/mol. The van der Waals surface area contributed by atoms with Gasteiger partial charge in [-0.05, 0) is 11.8 Å². The lowest BCUT2D eigenvalue weighted by atomic mass is 9.79. The van der Waals surface area contributed by atoms with Crippen LogP contribution in [0.2, 0.25) is 0 Å². The molecule has 0 aromatic heterocycles. The van der Waals surface area contributed by atoms with Crippen LogP contribution in [0, 0.1) is 11.3 Å². The maximum Gasteiger partial charge on any atom is 0.311 e. The number of carboxylic acids is 1. The van der Waals surface area contributed by atoms with Gasteiger partial charge in [0.05, 0.1) is 13.2 Å². The highest BCUT2D eigenvalue weighted by Gasteiger charge is 2.47. The molecular formula is C25H46O4. The first-order valence-electron chi connectivity index (χ1n) is 11.4. The minimum atomic E-state index is -1.17. The number of carboxylic acid groups (broad SMARTS) is 1. The van der Waals surface area contributed by atoms with Gasteiger partial charge in [-0.15, -0.1) is 13.2 Å². The van der Waals surface area contributed by atoms with E-state index in [4.69, 9.17) is 9.47 Å². The summed E-state index contributed by atoms with van der Waals surface area (Å²) in [4.78, 5) is 12.2. The van der Waals surface area contributed by atoms with Crippen LogP contribution in [0.4, 0.5) is 0 Å². The Bertz CT molecular complexity index is 438. The second-order valence-electron chi connectivity index (χ2n) is 9.26. The maximum atomic E-state index is 12.2. The molecule has 0 saturated carbocycles. The van der Waals surface area contributed by atoms with Gasteiger partial charge in [0, 0.05) is 6.42 Å². The minimum Gasteiger partial charge on any atom is -0.481 e. The van der Waals surface area contributed by atoms with Crippen LogP contribution in [-0.2, 0) is 14.3 Å². The summed E-state index contributed by atoms with van der Waals surface area (Å²) in [6.07, 6.45) is 15.2. The summed E-state index contributed by atoms with van der Waals surface area (Å²) in [6, 6.07) is 0. The Labute approximate surface area is 179 Å². The van der Waals surface area contributed by atoms with Crippen LogP contribution < -0.4 is 0 Å². The molecule has 170 valence electrons. The molecule has 0 rings (SSSR count). The van der Waals surface area contributed by atoms with E-state index in [1.54, 1.807) is 12.2 Å². The highest BCUT2D eigenvalue weighted by atomic mass is 16.7. The van der Waals surface area contributed by atoms with Crippen LogP contribution in [0.25, 0.3) is 0 Å². The molecule has 4 nitrogen and oxygen atoms in total. The Hall–Kier alpha value is -1.13. The second kappa shape index (κ2) is 15.7. The molecule has 0 aliphatic rings. The Morgan fingerprint density at radius 1 is 0.897 bits per heavy atom. The van der Waals surface area contributed by atoms with Crippen molar-refractivity contribution in [3.8, 4) is 0 Å². The van der Waals surface area contributed by atoms with Gasteiger partial charge in [0.15, 0.2) is 5.79 Å². The van der Waals surface area contributed by atoms with Crippen molar-refractivity contribution in [2.45, 2.75) is 104 Å². The van der Waals surface area contributed by atoms with Crippen molar-refractivity contribution in [2.75, 3.05) is 13.2 Å². The number of hydrogen-bond donors (Lipinski definition) is 1. The topological polar surface area (TPSA) is 55.8 Å². The van der Waals surface area contributed by atoms with E-state index in [-0.39, 0.29) is 18.6 Å². The van der Waals surface area contributed by atoms with Crippen LogP contribution in [-0.4, -0.2) is 30.1 Å². The number of rotatable bonds is 19. The fourth-order valence-corrected chi connectivity index (χ4v) is 3.80. The first kappa shape index (κ1) is 27.9. The SMILES string of the molecule is C=CCOC(CC(C)(C)C)(OCC=C)C(CCCCCCCCCCC)C(=O)O. The smallest absolute Gasteiger partial charge is 0.311 e. The predicted octanol–water partition coefficient (Wildman–Crippen LogP) is 7.15. The Kier molecular flexibility index (Phi) is 15.1. The number of hydrogen-bond acceptors (Lipinski definition) is 3. The van der Waals surface area contributed by atoms with Gasteiger partial charge in [-0.25, -0.2) is 0 Å². The molecule has 0 aromatic carbocycles. The van der Waals surface area contributed by atoms with Crippen LogP contribution >= 0.6 is 0 Å². The quantitative estimate of drug-likeness (QED) is 0.140. The third-order valence-electron chi connectivity index (χ3n) is 5.09. The van der Waals surface area contributed by atoms with Crippen molar-refractivity contribution < 1.29 is 19.4 Å². The lowest BCUT2D eigenvalue weighted by Crippen LogP contribution is -2.50. The van der Waals surface area contributed by atoms with Gasteiger partial charge < -0.3 is 14.6 Å². The number of unbranched alkanes of at least 4 members (excludes halogenated alkanes) is 8. The monoisotopic (exact) mass is 410 g/mol. The van der Waals surface area contributed by atoms with Crippen molar-refractivity contribution in [3.63, 3.8) is 0 Å². The van der Waals surface area contributed by atoms with E-state index < -0.39 is 17.7 Å². The summed E-state index contributed by atoms with van der Waals surface area (Å²) in [5.41, 5.74) is -0.144. The number of aliphatic carboxylic acids is 1. The summed E-state index contributed by atoms with van der Waals surface area (Å²) >= 11 is 0. The highest BCUT2D eigenvalue weighted by molar-refractivity contribution is 5.71. The van der Waals surface area contributed by atoms with E-state index in [0.717, 1.165) is 19.3 Å². The molecule has 0 aliphatic heterocycles. The molecule has 0 amide bonds. The molecule has 0 aliphatic carbocycles. The zero-order chi connectivity index (χ0) is 22.2. The first-order valence-corrected chi connectivity index (χ1v) is 11.4. The summed E-state index contributed by atoms with van der Waals surface area (Å²) in [5.74, 6) is -2.75. The van der Waals surface area contributed by atoms with Gasteiger partial charge >= 0.3 is 5.97 Å². The molecule has 1 N–H and O–H groups in total. The summed E-state index contributed by atoms with van der Waals surface area (Å²) in [7, 11) is 0. The lowest BCUT2D eigenvalue weighted by molar-refractivity contribution is -0.271. The molecule has 1 unspecified atom stereocenters. The van der Waals surface area contributed by atoms with Crippen LogP contribution in [0.1, 0.15) is 98.3 Å². The molecular weight excluding hydrogens is 364 g/mol. The molecule has 1 atom stereocenters. The standard InChI is InChI=1S/C25H46O4/c1-7-10-11-12-13-14-15-16-17-18-22(23(26)27)25(28-19-8-2,29-20-9-3)21-24(4,5)6/h8-9,22H,2-3,7,10-21H2,1,4-6H3,(H,26,27). The third-order valence-corrected chi connectivity index (χ3v) is 5.09. The van der Waals surface area contributed by atoms with Crippen molar-refractivity contribution in [1.82, 2.24) is 0 Å². The molecule has 0 aromatic rings. The van der Waals surface area contributed by atoms with Crippen LogP contribution in [0.5, 0.6) is 0 Å². The highest BCUT2D eigenvalue weighted by Crippen LogP contribution is 2.39. The van der Waals surface area contributed by atoms with Crippen molar-refractivity contribution in [2.24, 2.45) is 11.3 Å². The zero-order valence-corrected chi connectivity index (χ0v) is 19.5. The van der Waals surface area contributed by atoms with Gasteiger partial charge in [0.25, 0.3) is 0 Å². The van der Waals surface area contributed by atoms with Crippen molar-refractivity contribution in [1.29, 1.82) is 0 Å². The Morgan fingerprint density at radius 2 is 1.34 bits per heavy atom.